The molecule has 5 nitrogen and oxygen atoms in total. The van der Waals surface area contributed by atoms with E-state index in [1.165, 1.54) is 6.07 Å². The van der Waals surface area contributed by atoms with Crippen LogP contribution >= 0.6 is 0 Å². The number of aromatic amines is 1. The number of nitrogens with zero attached hydrogens (tertiary/aromatic N) is 1. The van der Waals surface area contributed by atoms with Gasteiger partial charge in [-0.1, -0.05) is 0 Å². The van der Waals surface area contributed by atoms with Crippen molar-refractivity contribution in [2.45, 2.75) is 12.8 Å². The molecule has 0 aliphatic carbocycles. The molecule has 0 aliphatic rings. The fourth-order valence-electron chi connectivity index (χ4n) is 1.22. The first-order valence-electron chi connectivity index (χ1n) is 4.50. The van der Waals surface area contributed by atoms with Crippen LogP contribution in [0, 0.1) is 11.3 Å². The maximum Gasteiger partial charge on any atom is 0.311 e. The molecular formula is C10H8F2N2O3. The molecule has 0 unspecified atom stereocenters. The van der Waals surface area contributed by atoms with Crippen molar-refractivity contribution in [3.63, 3.8) is 0 Å². The molecule has 0 radical (unpaired) electrons. The van der Waals surface area contributed by atoms with E-state index in [2.05, 4.69) is 9.72 Å². The summed E-state index contributed by atoms with van der Waals surface area (Å²) in [5.74, 6) is -0.679. The van der Waals surface area contributed by atoms with Gasteiger partial charge in [0, 0.05) is 11.9 Å². The summed E-state index contributed by atoms with van der Waals surface area (Å²) in [6.45, 7) is 0. The lowest BCUT2D eigenvalue weighted by Crippen LogP contribution is -2.19. The Morgan fingerprint density at radius 1 is 1.65 bits per heavy atom. The molecule has 1 aromatic rings. The van der Waals surface area contributed by atoms with Crippen molar-refractivity contribution in [2.75, 3.05) is 7.11 Å². The highest BCUT2D eigenvalue weighted by molar-refractivity contribution is 5.72. The molecule has 0 saturated heterocycles. The van der Waals surface area contributed by atoms with Crippen molar-refractivity contribution in [3.8, 4) is 6.07 Å². The van der Waals surface area contributed by atoms with E-state index in [4.69, 9.17) is 5.26 Å². The zero-order valence-electron chi connectivity index (χ0n) is 8.79. The van der Waals surface area contributed by atoms with Crippen molar-refractivity contribution < 1.29 is 18.3 Å². The van der Waals surface area contributed by atoms with Gasteiger partial charge in [-0.2, -0.15) is 5.26 Å². The highest BCUT2D eigenvalue weighted by Crippen LogP contribution is 2.15. The molecule has 1 aromatic heterocycles. The number of carbonyl (C=O) groups excluding carboxylic acids is 1. The lowest BCUT2D eigenvalue weighted by molar-refractivity contribution is -0.139. The van der Waals surface area contributed by atoms with E-state index in [0.29, 0.717) is 0 Å². The van der Waals surface area contributed by atoms with Gasteiger partial charge in [0.05, 0.1) is 19.1 Å². The molecule has 90 valence electrons. The first-order chi connectivity index (χ1) is 8.01. The third-order valence-electron chi connectivity index (χ3n) is 2.09. The fraction of sp³-hybridized carbons (Fsp3) is 0.300. The van der Waals surface area contributed by atoms with Crippen LogP contribution in [0.4, 0.5) is 8.78 Å². The van der Waals surface area contributed by atoms with Crippen LogP contribution in [0.2, 0.25) is 0 Å². The first kappa shape index (κ1) is 12.8. The topological polar surface area (TPSA) is 83.0 Å². The van der Waals surface area contributed by atoms with Crippen LogP contribution in [0.5, 0.6) is 0 Å². The molecule has 0 bridgehead atoms. The summed E-state index contributed by atoms with van der Waals surface area (Å²) in [6, 6.07) is 1.50. The summed E-state index contributed by atoms with van der Waals surface area (Å²) in [4.78, 5) is 24.8. The number of aromatic nitrogens is 1. The summed E-state index contributed by atoms with van der Waals surface area (Å²) in [5, 5.41) is 8.72. The predicted molar refractivity (Wildman–Crippen MR) is 52.5 cm³/mol. The molecule has 0 fully saturated rings. The van der Waals surface area contributed by atoms with Gasteiger partial charge in [-0.15, -0.1) is 0 Å². The zero-order valence-corrected chi connectivity index (χ0v) is 8.79. The van der Waals surface area contributed by atoms with E-state index in [-0.39, 0.29) is 12.1 Å². The third kappa shape index (κ3) is 2.66. The van der Waals surface area contributed by atoms with Gasteiger partial charge in [0.25, 0.3) is 6.43 Å². The minimum Gasteiger partial charge on any atom is -0.469 e. The van der Waals surface area contributed by atoms with Crippen molar-refractivity contribution >= 4 is 5.97 Å². The highest BCUT2D eigenvalue weighted by atomic mass is 19.3. The van der Waals surface area contributed by atoms with Crippen LogP contribution in [0.15, 0.2) is 11.0 Å². The fourth-order valence-corrected chi connectivity index (χ4v) is 1.22. The Balaban J connectivity index is 3.28. The van der Waals surface area contributed by atoms with Crippen molar-refractivity contribution in [1.29, 1.82) is 5.26 Å². The van der Waals surface area contributed by atoms with Gasteiger partial charge in [-0.05, 0) is 0 Å². The number of H-pyrrole nitrogens is 1. The Kier molecular flexibility index (Phi) is 3.93. The smallest absolute Gasteiger partial charge is 0.311 e. The zero-order chi connectivity index (χ0) is 13.0. The van der Waals surface area contributed by atoms with Gasteiger partial charge in [-0.25, -0.2) is 8.78 Å². The number of rotatable bonds is 3. The number of hydrogen-bond acceptors (Lipinski definition) is 4. The number of pyridine rings is 1. The van der Waals surface area contributed by atoms with Crippen molar-refractivity contribution in [2.24, 2.45) is 0 Å². The summed E-state index contributed by atoms with van der Waals surface area (Å²) in [7, 11) is 1.14. The van der Waals surface area contributed by atoms with E-state index in [1.807, 2.05) is 0 Å². The minimum absolute atomic E-state index is 0.0336. The Bertz CT molecular complexity index is 531. The number of carbonyl (C=O) groups is 1. The second-order valence-electron chi connectivity index (χ2n) is 3.09. The molecule has 0 aliphatic heterocycles. The Hall–Kier alpha value is -2.23. The molecule has 17 heavy (non-hydrogen) atoms. The number of alkyl halides is 2. The number of nitrogens with one attached hydrogen (secondary N) is 1. The second kappa shape index (κ2) is 5.21. The third-order valence-corrected chi connectivity index (χ3v) is 2.09. The van der Waals surface area contributed by atoms with Crippen LogP contribution in [0.1, 0.15) is 23.2 Å². The monoisotopic (exact) mass is 242 g/mol. The Labute approximate surface area is 94.6 Å². The van der Waals surface area contributed by atoms with Crippen LogP contribution in [-0.4, -0.2) is 18.1 Å². The lowest BCUT2D eigenvalue weighted by Gasteiger charge is -2.05. The van der Waals surface area contributed by atoms with Gasteiger partial charge in [0.15, 0.2) is 0 Å². The van der Waals surface area contributed by atoms with Gasteiger partial charge < -0.3 is 9.72 Å². The summed E-state index contributed by atoms with van der Waals surface area (Å²) < 4.78 is 29.1. The molecule has 1 heterocycles. The molecule has 0 saturated carbocycles. The Morgan fingerprint density at radius 2 is 2.29 bits per heavy atom. The van der Waals surface area contributed by atoms with Gasteiger partial charge >= 0.3 is 5.97 Å². The summed E-state index contributed by atoms with van der Waals surface area (Å²) in [5.41, 5.74) is -2.39. The average molecular weight is 242 g/mol. The maximum atomic E-state index is 12.4. The molecule has 1 N–H and O–H groups in total. The van der Waals surface area contributed by atoms with Crippen LogP contribution in [0.3, 0.4) is 0 Å². The molecule has 0 spiro atoms. The number of nitriles is 1. The molecular weight excluding hydrogens is 234 g/mol. The lowest BCUT2D eigenvalue weighted by atomic mass is 10.1. The van der Waals surface area contributed by atoms with E-state index in [9.17, 15) is 18.4 Å². The van der Waals surface area contributed by atoms with E-state index in [1.54, 1.807) is 0 Å². The maximum absolute atomic E-state index is 12.4. The Morgan fingerprint density at radius 3 is 2.76 bits per heavy atom. The van der Waals surface area contributed by atoms with Crippen molar-refractivity contribution in [3.05, 3.63) is 33.2 Å². The quantitative estimate of drug-likeness (QED) is 0.798. The van der Waals surface area contributed by atoms with Crippen LogP contribution in [-0.2, 0) is 16.0 Å². The highest BCUT2D eigenvalue weighted by Gasteiger charge is 2.19. The van der Waals surface area contributed by atoms with Crippen molar-refractivity contribution in [1.82, 2.24) is 4.98 Å². The normalized spacial score (nSPS) is 10.1. The minimum atomic E-state index is -2.97. The van der Waals surface area contributed by atoms with E-state index in [0.717, 1.165) is 13.3 Å². The molecule has 0 atom stereocenters. The summed E-state index contributed by atoms with van der Waals surface area (Å²) in [6.07, 6.45) is -2.53. The number of ether oxygens (including phenoxy) is 1. The van der Waals surface area contributed by atoms with Gasteiger partial charge in [-0.3, -0.25) is 9.59 Å². The van der Waals surface area contributed by atoms with Crippen LogP contribution in [0.25, 0.3) is 0 Å². The van der Waals surface area contributed by atoms with Gasteiger partial charge in [0.1, 0.15) is 11.6 Å². The number of hydrogen-bond donors (Lipinski definition) is 1. The second-order valence-corrected chi connectivity index (χ2v) is 3.09. The number of halogens is 2. The molecule has 7 heteroatoms. The summed E-state index contributed by atoms with van der Waals surface area (Å²) >= 11 is 0. The SMILES string of the molecule is COC(=O)Cc1[nH]cc(C(F)F)c(=O)c1C#N. The van der Waals surface area contributed by atoms with E-state index >= 15 is 0 Å². The number of esters is 1. The average Bonchev–Trinajstić information content (AvgIpc) is 2.28. The molecule has 0 aromatic carbocycles. The number of methoxy groups -OCH3 is 1. The first-order valence-corrected chi connectivity index (χ1v) is 4.50. The molecule has 1 rings (SSSR count). The predicted octanol–water partition coefficient (Wildman–Crippen LogP) is 0.900. The van der Waals surface area contributed by atoms with E-state index < -0.39 is 29.0 Å². The molecule has 0 amide bonds. The standard InChI is InChI=1S/C10H8F2N2O3/c1-17-8(15)2-7-5(3-13)9(16)6(4-14-7)10(11)12/h4,10H,2H2,1H3,(H,14,16). The van der Waals surface area contributed by atoms with Crippen LogP contribution < -0.4 is 5.43 Å². The van der Waals surface area contributed by atoms with Gasteiger partial charge in [0.2, 0.25) is 5.43 Å². The largest absolute Gasteiger partial charge is 0.469 e.